The monoisotopic (exact) mass is 1100 g/mol. The topological polar surface area (TPSA) is 297 Å². The Bertz CT molecular complexity index is 3240. The van der Waals surface area contributed by atoms with Crippen molar-refractivity contribution in [1.29, 1.82) is 0 Å². The molecule has 0 radical (unpaired) electrons. The van der Waals surface area contributed by atoms with Crippen LogP contribution in [0, 0.1) is 6.92 Å². The van der Waals surface area contributed by atoms with Crippen LogP contribution in [0.2, 0.25) is 10.0 Å². The highest BCUT2D eigenvalue weighted by Gasteiger charge is 2.35. The first-order valence-corrected chi connectivity index (χ1v) is 25.7. The highest BCUT2D eigenvalue weighted by Crippen LogP contribution is 2.36. The number of hydrogen-bond donors (Lipinski definition) is 4. The van der Waals surface area contributed by atoms with Gasteiger partial charge in [-0.05, 0) is 74.2 Å². The van der Waals surface area contributed by atoms with E-state index in [1.54, 1.807) is 19.9 Å². The second-order valence-corrected chi connectivity index (χ2v) is 20.4. The molecule has 3 atom stereocenters. The first kappa shape index (κ1) is 58.9. The number of fused-ring (bicyclic) bond motifs is 1. The molecule has 3 aromatic heterocycles. The van der Waals surface area contributed by atoms with E-state index >= 15 is 0 Å². The lowest BCUT2D eigenvalue weighted by Crippen LogP contribution is -2.40. The zero-order valence-electron chi connectivity index (χ0n) is 40.1. The van der Waals surface area contributed by atoms with E-state index in [4.69, 9.17) is 62.6 Å². The van der Waals surface area contributed by atoms with Crippen molar-refractivity contribution in [2.24, 2.45) is 12.8 Å². The van der Waals surface area contributed by atoms with Gasteiger partial charge < -0.3 is 39.4 Å². The first-order valence-electron chi connectivity index (χ1n) is 21.2. The summed E-state index contributed by atoms with van der Waals surface area (Å²) in [6.45, 7) is 6.54. The van der Waals surface area contributed by atoms with Crippen LogP contribution in [0.3, 0.4) is 0 Å². The standard InChI is InChI=1S/C25H25F3N2O6.C14H13Cl2N5O4S.C5H12NO4P/c1-5-16-6-7-17(20(12-16)36-15(2)23(32)34-4)14-35-19-10-8-18(9-11-19)30-22(31)13-21(25(26,27)28)29(3)24(30)33;1-7-4-5-8(15)12(11(7)16)20-26(22,23)14-18-13-17-9(24-2)6-10(25-3)21(13)19-14;1-11(9,10)3-2-4(6)5(7)8/h6-13,15H,5,14H2,1-4H3;4-6,20H,1-3H3;4H,2-3,6H2,1H3,(H,7,8)(H,9,10). The lowest BCUT2D eigenvalue weighted by Gasteiger charge is -2.17. The van der Waals surface area contributed by atoms with Crippen molar-refractivity contribution in [2.75, 3.05) is 38.9 Å². The molecule has 22 nitrogen and oxygen atoms in total. The molecule has 3 aromatic carbocycles. The van der Waals surface area contributed by atoms with E-state index in [2.05, 4.69) is 19.8 Å². The summed E-state index contributed by atoms with van der Waals surface area (Å²) in [4.78, 5) is 63.3. The number of aryl methyl sites for hydroxylation is 2. The van der Waals surface area contributed by atoms with E-state index in [0.29, 0.717) is 37.8 Å². The Labute approximate surface area is 424 Å². The minimum Gasteiger partial charge on any atom is -0.489 e. The van der Waals surface area contributed by atoms with Gasteiger partial charge in [-0.1, -0.05) is 48.3 Å². The number of nitrogens with zero attached hydrogens (tertiary/aromatic N) is 6. The van der Waals surface area contributed by atoms with Gasteiger partial charge in [0.1, 0.15) is 29.8 Å². The van der Waals surface area contributed by atoms with Crippen LogP contribution >= 0.6 is 30.6 Å². The third kappa shape index (κ3) is 15.7. The zero-order chi connectivity index (χ0) is 54.7. The van der Waals surface area contributed by atoms with E-state index in [-0.39, 0.29) is 58.1 Å². The van der Waals surface area contributed by atoms with Crippen LogP contribution in [0.1, 0.15) is 42.7 Å². The Morgan fingerprint density at radius 1 is 0.986 bits per heavy atom. The first-order chi connectivity index (χ1) is 34.0. The summed E-state index contributed by atoms with van der Waals surface area (Å²) in [5.74, 6) is -0.438. The Balaban J connectivity index is 0.000000271. The number of carboxylic acid groups (broad SMARTS) is 1. The summed E-state index contributed by atoms with van der Waals surface area (Å²) in [5.41, 5.74) is 3.99. The van der Waals surface area contributed by atoms with Gasteiger partial charge in [0.25, 0.3) is 26.5 Å². The van der Waals surface area contributed by atoms with Crippen LogP contribution in [-0.4, -0.2) is 105 Å². The zero-order valence-corrected chi connectivity index (χ0v) is 43.4. The largest absolute Gasteiger partial charge is 0.489 e. The van der Waals surface area contributed by atoms with Crippen LogP contribution in [-0.2, 0) is 55.2 Å². The number of sulfonamides is 1. The van der Waals surface area contributed by atoms with Crippen molar-refractivity contribution in [3.8, 4) is 28.9 Å². The van der Waals surface area contributed by atoms with Crippen molar-refractivity contribution in [1.82, 2.24) is 28.7 Å². The minimum absolute atomic E-state index is 0.0111. The molecule has 0 saturated heterocycles. The molecule has 0 aliphatic carbocycles. The molecule has 5 N–H and O–H groups in total. The third-order valence-electron chi connectivity index (χ3n) is 10.1. The maximum Gasteiger partial charge on any atom is 0.431 e. The summed E-state index contributed by atoms with van der Waals surface area (Å²) >= 11 is 12.2. The fourth-order valence-electron chi connectivity index (χ4n) is 6.04. The van der Waals surface area contributed by atoms with Crippen molar-refractivity contribution in [3.63, 3.8) is 0 Å². The average molecular weight is 1110 g/mol. The molecule has 3 heterocycles. The number of methoxy groups -OCH3 is 3. The van der Waals surface area contributed by atoms with Gasteiger partial charge in [-0.15, -0.1) is 5.10 Å². The molecule has 73 heavy (non-hydrogen) atoms. The number of anilines is 1. The lowest BCUT2D eigenvalue weighted by molar-refractivity contribution is -0.148. The summed E-state index contributed by atoms with van der Waals surface area (Å²) in [7, 11) is -2.25. The number of rotatable bonds is 17. The van der Waals surface area contributed by atoms with Crippen molar-refractivity contribution in [2.45, 2.75) is 63.7 Å². The van der Waals surface area contributed by atoms with Gasteiger partial charge in [-0.2, -0.15) is 36.1 Å². The second kappa shape index (κ2) is 24.8. The van der Waals surface area contributed by atoms with Gasteiger partial charge in [0, 0.05) is 31.5 Å². The Morgan fingerprint density at radius 2 is 1.64 bits per heavy atom. The van der Waals surface area contributed by atoms with Crippen LogP contribution in [0.4, 0.5) is 18.9 Å². The number of benzene rings is 3. The number of nitrogens with two attached hydrogens (primary N) is 1. The number of carbonyl (C=O) groups excluding carboxylic acids is 1. The van der Waals surface area contributed by atoms with Crippen molar-refractivity contribution < 1.29 is 69.4 Å². The molecule has 0 aliphatic rings. The average Bonchev–Trinajstić information content (AvgIpc) is 3.79. The molecule has 0 aliphatic heterocycles. The Morgan fingerprint density at radius 3 is 2.21 bits per heavy atom. The number of nitrogens with one attached hydrogen (secondary N) is 1. The molecular weight excluding hydrogens is 1060 g/mol. The quantitative estimate of drug-likeness (QED) is 0.0612. The smallest absolute Gasteiger partial charge is 0.431 e. The van der Waals surface area contributed by atoms with E-state index in [0.717, 1.165) is 23.5 Å². The number of aromatic nitrogens is 6. The number of alkyl halides is 3. The molecule has 0 bridgehead atoms. The number of esters is 1. The SMILES string of the molecule is CCc1ccc(COc2ccc(-n3c(=O)cc(C(F)(F)F)n(C)c3=O)cc2)c(OC(C)C(=O)OC)c1.COc1cc(OC)n2nc(S(=O)(=O)Nc3c(Cl)ccc(C)c3Cl)nc2n1.CP(=O)(O)CCC(N)C(=O)O. The highest BCUT2D eigenvalue weighted by molar-refractivity contribution is 7.92. The lowest BCUT2D eigenvalue weighted by atomic mass is 10.1. The van der Waals surface area contributed by atoms with Gasteiger partial charge in [0.2, 0.25) is 11.8 Å². The molecule has 0 spiro atoms. The number of halogens is 5. The van der Waals surface area contributed by atoms with Gasteiger partial charge >= 0.3 is 23.8 Å². The van der Waals surface area contributed by atoms with E-state index in [1.165, 1.54) is 64.4 Å². The van der Waals surface area contributed by atoms with Crippen molar-refractivity contribution in [3.05, 3.63) is 120 Å². The number of carboxylic acids is 1. The third-order valence-corrected chi connectivity index (χ3v) is 13.1. The molecule has 396 valence electrons. The maximum atomic E-state index is 13.1. The molecule has 29 heteroatoms. The Hall–Kier alpha value is -6.70. The van der Waals surface area contributed by atoms with Gasteiger partial charge in [0.05, 0.1) is 48.8 Å². The number of carbonyl (C=O) groups is 2. The molecule has 6 aromatic rings. The number of hydrogen-bond acceptors (Lipinski definition) is 16. The summed E-state index contributed by atoms with van der Waals surface area (Å²) < 4.78 is 106. The van der Waals surface area contributed by atoms with Crippen LogP contribution in [0.5, 0.6) is 23.3 Å². The Kier molecular flexibility index (Phi) is 20.0. The molecular formula is C44H50Cl2F3N8O14PS. The molecule has 0 amide bonds. The number of aliphatic carboxylic acids is 1. The van der Waals surface area contributed by atoms with Crippen molar-refractivity contribution >= 4 is 64.0 Å². The maximum absolute atomic E-state index is 13.1. The van der Waals surface area contributed by atoms with Gasteiger partial charge in [-0.25, -0.2) is 14.2 Å². The summed E-state index contributed by atoms with van der Waals surface area (Å²) in [6.07, 6.45) is -4.91. The predicted molar refractivity (Wildman–Crippen MR) is 261 cm³/mol. The second-order valence-electron chi connectivity index (χ2n) is 15.5. The molecule has 3 unspecified atom stereocenters. The molecule has 0 fully saturated rings. The molecule has 6 rings (SSSR count). The van der Waals surface area contributed by atoms with Crippen LogP contribution < -0.4 is 40.7 Å². The van der Waals surface area contributed by atoms with Crippen LogP contribution in [0.25, 0.3) is 11.5 Å². The van der Waals surface area contributed by atoms with E-state index < -0.39 is 69.8 Å². The summed E-state index contributed by atoms with van der Waals surface area (Å²) in [5, 5.41) is 12.0. The predicted octanol–water partition coefficient (Wildman–Crippen LogP) is 5.88. The van der Waals surface area contributed by atoms with E-state index in [1.807, 2.05) is 25.1 Å². The van der Waals surface area contributed by atoms with E-state index in [9.17, 15) is 45.3 Å². The van der Waals surface area contributed by atoms with Crippen LogP contribution in [0.15, 0.2) is 81.5 Å². The fourth-order valence-corrected chi connectivity index (χ4v) is 8.34. The van der Waals surface area contributed by atoms with Gasteiger partial charge in [-0.3, -0.25) is 23.4 Å². The summed E-state index contributed by atoms with van der Waals surface area (Å²) in [6, 6.07) is 15.3. The molecule has 0 saturated carbocycles. The number of ether oxygens (including phenoxy) is 5. The van der Waals surface area contributed by atoms with Gasteiger partial charge in [0.15, 0.2) is 13.5 Å². The highest BCUT2D eigenvalue weighted by atomic mass is 35.5. The fraction of sp³-hybridized carbons (Fsp3) is 0.341. The normalized spacial score (nSPS) is 13.0. The minimum atomic E-state index is -4.84.